The first-order valence-corrected chi connectivity index (χ1v) is 9.49. The highest BCUT2D eigenvalue weighted by molar-refractivity contribution is 7.80. The number of aromatic nitrogens is 2. The third-order valence-corrected chi connectivity index (χ3v) is 4.24. The van der Waals surface area contributed by atoms with Crippen molar-refractivity contribution in [3.63, 3.8) is 0 Å². The minimum absolute atomic E-state index is 0.00355. The van der Waals surface area contributed by atoms with Crippen LogP contribution < -0.4 is 27.4 Å². The number of aliphatic carboxylic acids is 1. The van der Waals surface area contributed by atoms with Gasteiger partial charge in [0.25, 0.3) is 0 Å². The molecule has 9 N–H and O–H groups in total. The number of thiol groups is 1. The number of aromatic amines is 1. The van der Waals surface area contributed by atoms with Gasteiger partial charge in [0, 0.05) is 30.5 Å². The summed E-state index contributed by atoms with van der Waals surface area (Å²) in [6.07, 6.45) is 2.75. The fraction of sp³-hybridized carbons (Fsp3) is 0.500. The van der Waals surface area contributed by atoms with Crippen molar-refractivity contribution in [3.05, 3.63) is 18.2 Å². The summed E-state index contributed by atoms with van der Waals surface area (Å²) in [6.45, 7) is -0.623. The van der Waals surface area contributed by atoms with E-state index in [1.807, 2.05) is 0 Å². The fourth-order valence-corrected chi connectivity index (χ4v) is 2.54. The second-order valence-electron chi connectivity index (χ2n) is 6.31. The summed E-state index contributed by atoms with van der Waals surface area (Å²) in [5.41, 5.74) is 11.3. The zero-order valence-electron chi connectivity index (χ0n) is 16.0. The van der Waals surface area contributed by atoms with E-state index in [1.165, 1.54) is 12.5 Å². The van der Waals surface area contributed by atoms with E-state index in [2.05, 4.69) is 38.5 Å². The van der Waals surface area contributed by atoms with E-state index in [9.17, 15) is 24.0 Å². The number of hydrogen-bond acceptors (Lipinski definition) is 8. The molecule has 0 aromatic carbocycles. The van der Waals surface area contributed by atoms with Crippen molar-refractivity contribution in [3.8, 4) is 0 Å². The average Bonchev–Trinajstić information content (AvgIpc) is 3.20. The van der Waals surface area contributed by atoms with Gasteiger partial charge in [0.1, 0.15) is 18.6 Å². The Kier molecular flexibility index (Phi) is 10.3. The van der Waals surface area contributed by atoms with Gasteiger partial charge in [-0.25, -0.2) is 4.98 Å². The van der Waals surface area contributed by atoms with Crippen LogP contribution in [0.5, 0.6) is 0 Å². The maximum atomic E-state index is 12.7. The quantitative estimate of drug-likeness (QED) is 0.143. The smallest absolute Gasteiger partial charge is 0.322 e. The number of carbonyl (C=O) groups excluding carboxylic acids is 4. The molecule has 0 fully saturated rings. The van der Waals surface area contributed by atoms with Crippen LogP contribution in [0, 0.1) is 0 Å². The SMILES string of the molecule is NC(=O)CCC(N)C(=O)NC(Cc1cnc[nH]1)C(=O)NC(CS)C(=O)NCC(=O)O. The molecule has 4 amide bonds. The Morgan fingerprint density at radius 3 is 2.33 bits per heavy atom. The summed E-state index contributed by atoms with van der Waals surface area (Å²) in [6, 6.07) is -3.34. The number of nitrogens with zero attached hydrogens (tertiary/aromatic N) is 1. The van der Waals surface area contributed by atoms with Gasteiger partial charge in [-0.15, -0.1) is 0 Å². The van der Waals surface area contributed by atoms with Crippen molar-refractivity contribution < 1.29 is 29.1 Å². The summed E-state index contributed by atoms with van der Waals surface area (Å²) >= 11 is 3.99. The number of nitrogens with two attached hydrogens (primary N) is 2. The van der Waals surface area contributed by atoms with E-state index in [4.69, 9.17) is 16.6 Å². The van der Waals surface area contributed by atoms with Gasteiger partial charge in [0.05, 0.1) is 12.4 Å². The molecule has 166 valence electrons. The van der Waals surface area contributed by atoms with Gasteiger partial charge < -0.3 is 37.5 Å². The van der Waals surface area contributed by atoms with Gasteiger partial charge >= 0.3 is 5.97 Å². The van der Waals surface area contributed by atoms with Crippen molar-refractivity contribution in [2.24, 2.45) is 11.5 Å². The van der Waals surface area contributed by atoms with E-state index >= 15 is 0 Å². The van der Waals surface area contributed by atoms with Crippen LogP contribution in [0.2, 0.25) is 0 Å². The summed E-state index contributed by atoms with van der Waals surface area (Å²) in [5.74, 6) is -4.13. The number of rotatable bonds is 13. The highest BCUT2D eigenvalue weighted by Gasteiger charge is 2.28. The molecule has 0 saturated heterocycles. The Bertz CT molecular complexity index is 757. The lowest BCUT2D eigenvalue weighted by atomic mass is 10.1. The number of carbonyl (C=O) groups is 5. The van der Waals surface area contributed by atoms with E-state index < -0.39 is 54.3 Å². The van der Waals surface area contributed by atoms with Crippen LogP contribution in [0.25, 0.3) is 0 Å². The number of hydrogen-bond donors (Lipinski definition) is 8. The predicted octanol–water partition coefficient (Wildman–Crippen LogP) is -3.35. The van der Waals surface area contributed by atoms with Crippen molar-refractivity contribution in [1.82, 2.24) is 25.9 Å². The first-order valence-electron chi connectivity index (χ1n) is 8.86. The minimum atomic E-state index is -1.25. The molecule has 1 heterocycles. The normalized spacial score (nSPS) is 13.5. The number of amides is 4. The molecular weight excluding hydrogens is 418 g/mol. The van der Waals surface area contributed by atoms with Crippen LogP contribution >= 0.6 is 12.6 Å². The molecule has 1 aromatic heterocycles. The second kappa shape index (κ2) is 12.4. The molecule has 0 saturated carbocycles. The topological polar surface area (TPSA) is 222 Å². The molecule has 30 heavy (non-hydrogen) atoms. The average molecular weight is 443 g/mol. The number of H-pyrrole nitrogens is 1. The first-order chi connectivity index (χ1) is 14.1. The number of carboxylic acid groups (broad SMARTS) is 1. The molecule has 1 rings (SSSR count). The molecule has 3 unspecified atom stereocenters. The molecule has 13 nitrogen and oxygen atoms in total. The molecule has 0 spiro atoms. The zero-order chi connectivity index (χ0) is 22.7. The molecular formula is C16H25N7O6S. The summed E-state index contributed by atoms with van der Waals surface area (Å²) in [7, 11) is 0. The third kappa shape index (κ3) is 8.91. The molecule has 0 aliphatic heterocycles. The number of carboxylic acids is 1. The van der Waals surface area contributed by atoms with Crippen LogP contribution in [0.3, 0.4) is 0 Å². The zero-order valence-corrected chi connectivity index (χ0v) is 16.9. The van der Waals surface area contributed by atoms with E-state index in [-0.39, 0.29) is 25.0 Å². The maximum absolute atomic E-state index is 12.7. The summed E-state index contributed by atoms with van der Waals surface area (Å²) in [5, 5.41) is 15.7. The van der Waals surface area contributed by atoms with E-state index in [1.54, 1.807) is 0 Å². The fourth-order valence-electron chi connectivity index (χ4n) is 2.29. The monoisotopic (exact) mass is 443 g/mol. The lowest BCUT2D eigenvalue weighted by Gasteiger charge is -2.23. The molecule has 0 radical (unpaired) electrons. The minimum Gasteiger partial charge on any atom is -0.480 e. The van der Waals surface area contributed by atoms with E-state index in [0.717, 1.165) is 0 Å². The largest absolute Gasteiger partial charge is 0.480 e. The Hall–Kier alpha value is -3.13. The van der Waals surface area contributed by atoms with Gasteiger partial charge in [0.15, 0.2) is 0 Å². The number of imidazole rings is 1. The maximum Gasteiger partial charge on any atom is 0.322 e. The lowest BCUT2D eigenvalue weighted by Crippen LogP contribution is -2.57. The van der Waals surface area contributed by atoms with Gasteiger partial charge in [-0.05, 0) is 6.42 Å². The van der Waals surface area contributed by atoms with Crippen molar-refractivity contribution in [2.45, 2.75) is 37.4 Å². The van der Waals surface area contributed by atoms with Crippen LogP contribution in [-0.4, -0.2) is 75.1 Å². The van der Waals surface area contributed by atoms with Crippen molar-refractivity contribution in [1.29, 1.82) is 0 Å². The van der Waals surface area contributed by atoms with Gasteiger partial charge in [-0.1, -0.05) is 0 Å². The number of primary amides is 1. The Morgan fingerprint density at radius 2 is 1.80 bits per heavy atom. The molecule has 1 aromatic rings. The first kappa shape index (κ1) is 24.9. The van der Waals surface area contributed by atoms with Gasteiger partial charge in [-0.2, -0.15) is 12.6 Å². The Morgan fingerprint density at radius 1 is 1.13 bits per heavy atom. The lowest BCUT2D eigenvalue weighted by molar-refractivity contribution is -0.138. The van der Waals surface area contributed by atoms with E-state index in [0.29, 0.717) is 5.69 Å². The summed E-state index contributed by atoms with van der Waals surface area (Å²) < 4.78 is 0. The van der Waals surface area contributed by atoms with Crippen LogP contribution in [-0.2, 0) is 30.4 Å². The van der Waals surface area contributed by atoms with Crippen LogP contribution in [0.15, 0.2) is 12.5 Å². The molecule has 3 atom stereocenters. The second-order valence-corrected chi connectivity index (χ2v) is 6.67. The van der Waals surface area contributed by atoms with Crippen molar-refractivity contribution in [2.75, 3.05) is 12.3 Å². The van der Waals surface area contributed by atoms with Crippen LogP contribution in [0.4, 0.5) is 0 Å². The highest BCUT2D eigenvalue weighted by Crippen LogP contribution is 2.02. The van der Waals surface area contributed by atoms with Gasteiger partial charge in [0.2, 0.25) is 23.6 Å². The highest BCUT2D eigenvalue weighted by atomic mass is 32.1. The van der Waals surface area contributed by atoms with Gasteiger partial charge in [-0.3, -0.25) is 24.0 Å². The molecule has 0 bridgehead atoms. The third-order valence-electron chi connectivity index (χ3n) is 3.88. The molecule has 0 aliphatic rings. The molecule has 14 heteroatoms. The Balaban J connectivity index is 2.83. The Labute approximate surface area is 177 Å². The summed E-state index contributed by atoms with van der Waals surface area (Å²) in [4.78, 5) is 65.1. The predicted molar refractivity (Wildman–Crippen MR) is 107 cm³/mol. The van der Waals surface area contributed by atoms with Crippen LogP contribution in [0.1, 0.15) is 18.5 Å². The molecule has 0 aliphatic carbocycles. The number of nitrogens with one attached hydrogen (secondary N) is 4. The van der Waals surface area contributed by atoms with Crippen molar-refractivity contribution >= 4 is 42.2 Å². The standard InChI is InChI=1S/C16H25N7O6S/c17-9(1-2-12(18)24)14(27)22-10(3-8-4-19-7-21-8)16(29)23-11(6-30)15(28)20-5-13(25)26/h4,7,9-11,30H,1-3,5-6,17H2,(H2,18,24)(H,19,21)(H,20,28)(H,22,27)(H,23,29)(H,25,26).